The highest BCUT2D eigenvalue weighted by atomic mass is 35.5. The van der Waals surface area contributed by atoms with Crippen molar-refractivity contribution in [3.05, 3.63) is 52.5 Å². The maximum absolute atomic E-state index is 6.48. The summed E-state index contributed by atoms with van der Waals surface area (Å²) in [5, 5.41) is 4.46. The van der Waals surface area contributed by atoms with Crippen LogP contribution in [0.15, 0.2) is 36.4 Å². The van der Waals surface area contributed by atoms with Crippen LogP contribution in [0.5, 0.6) is 17.2 Å². The van der Waals surface area contributed by atoms with Crippen LogP contribution in [0, 0.1) is 0 Å². The van der Waals surface area contributed by atoms with E-state index in [1.54, 1.807) is 14.2 Å². The highest BCUT2D eigenvalue weighted by Crippen LogP contribution is 2.37. The van der Waals surface area contributed by atoms with Gasteiger partial charge in [-0.1, -0.05) is 44.5 Å². The Balaban J connectivity index is 1.65. The number of benzene rings is 2. The molecule has 2 atom stereocenters. The number of halogens is 1. The van der Waals surface area contributed by atoms with Gasteiger partial charge in [-0.15, -0.1) is 0 Å². The molecule has 8 heteroatoms. The lowest BCUT2D eigenvalue weighted by Crippen LogP contribution is -2.46. The molecule has 0 amide bonds. The summed E-state index contributed by atoms with van der Waals surface area (Å²) >= 11 is 6.48. The summed E-state index contributed by atoms with van der Waals surface area (Å²) in [7, 11) is 1.54. The summed E-state index contributed by atoms with van der Waals surface area (Å²) in [5.74, 6) is 2.21. The SMILES string of the molecule is COc1ccc(C(C)N2CCNC(c3ccc(Cl)c(OCCO[Si](C)(C)C(C)(C)C)c3)C2)cc1OC. The van der Waals surface area contributed by atoms with Crippen LogP contribution in [-0.2, 0) is 4.43 Å². The molecule has 2 unspecified atom stereocenters. The molecule has 6 nitrogen and oxygen atoms in total. The van der Waals surface area contributed by atoms with E-state index in [1.807, 2.05) is 12.1 Å². The lowest BCUT2D eigenvalue weighted by atomic mass is 10.0. The number of methoxy groups -OCH3 is 2. The second kappa shape index (κ2) is 12.2. The number of nitrogens with one attached hydrogen (secondary N) is 1. The molecule has 0 saturated carbocycles. The number of rotatable bonds is 10. The molecule has 1 aliphatic rings. The average molecular weight is 535 g/mol. The summed E-state index contributed by atoms with van der Waals surface area (Å²) in [4.78, 5) is 2.49. The van der Waals surface area contributed by atoms with Crippen LogP contribution >= 0.6 is 11.6 Å². The van der Waals surface area contributed by atoms with E-state index >= 15 is 0 Å². The van der Waals surface area contributed by atoms with E-state index in [-0.39, 0.29) is 17.1 Å². The van der Waals surface area contributed by atoms with Crippen LogP contribution in [-0.4, -0.2) is 60.3 Å². The summed E-state index contributed by atoms with van der Waals surface area (Å²) in [5.41, 5.74) is 2.37. The van der Waals surface area contributed by atoms with Crippen LogP contribution < -0.4 is 19.5 Å². The Morgan fingerprint density at radius 2 is 1.75 bits per heavy atom. The first-order valence-corrected chi connectivity index (χ1v) is 16.0. The Kier molecular flexibility index (Phi) is 9.74. The number of hydrogen-bond acceptors (Lipinski definition) is 6. The molecule has 1 heterocycles. The van der Waals surface area contributed by atoms with Crippen LogP contribution in [0.4, 0.5) is 0 Å². The van der Waals surface area contributed by atoms with Gasteiger partial charge in [-0.05, 0) is 60.4 Å². The predicted octanol–water partition coefficient (Wildman–Crippen LogP) is 6.47. The normalized spacial score (nSPS) is 18.1. The van der Waals surface area contributed by atoms with Gasteiger partial charge < -0.3 is 24.0 Å². The molecule has 1 saturated heterocycles. The summed E-state index contributed by atoms with van der Waals surface area (Å²) < 4.78 is 23.2. The highest BCUT2D eigenvalue weighted by molar-refractivity contribution is 6.74. The van der Waals surface area contributed by atoms with Gasteiger partial charge in [0.15, 0.2) is 19.8 Å². The Hall–Kier alpha value is -1.77. The maximum atomic E-state index is 6.48. The van der Waals surface area contributed by atoms with Gasteiger partial charge in [0.05, 0.1) is 25.8 Å². The van der Waals surface area contributed by atoms with Gasteiger partial charge >= 0.3 is 0 Å². The van der Waals surface area contributed by atoms with Crippen LogP contribution in [0.1, 0.15) is 50.9 Å². The largest absolute Gasteiger partial charge is 0.493 e. The van der Waals surface area contributed by atoms with E-state index in [1.165, 1.54) is 11.1 Å². The Bertz CT molecular complexity index is 1010. The zero-order chi connectivity index (χ0) is 26.5. The third kappa shape index (κ3) is 6.95. The molecule has 3 rings (SSSR count). The van der Waals surface area contributed by atoms with E-state index in [0.29, 0.717) is 24.0 Å². The third-order valence-electron chi connectivity index (χ3n) is 7.61. The van der Waals surface area contributed by atoms with Crippen molar-refractivity contribution in [1.82, 2.24) is 10.2 Å². The fraction of sp³-hybridized carbons (Fsp3) is 0.571. The zero-order valence-corrected chi connectivity index (χ0v) is 24.9. The lowest BCUT2D eigenvalue weighted by Gasteiger charge is -2.38. The molecular weight excluding hydrogens is 492 g/mol. The van der Waals surface area contributed by atoms with Crippen LogP contribution in [0.25, 0.3) is 0 Å². The second-order valence-electron chi connectivity index (χ2n) is 10.9. The van der Waals surface area contributed by atoms with E-state index in [2.05, 4.69) is 75.3 Å². The van der Waals surface area contributed by atoms with Crippen molar-refractivity contribution in [3.8, 4) is 17.2 Å². The third-order valence-corrected chi connectivity index (χ3v) is 12.5. The van der Waals surface area contributed by atoms with Crippen LogP contribution in [0.3, 0.4) is 0 Å². The van der Waals surface area contributed by atoms with Crippen molar-refractivity contribution >= 4 is 19.9 Å². The molecular formula is C28H43ClN2O4Si. The molecule has 1 aliphatic heterocycles. The van der Waals surface area contributed by atoms with Crippen molar-refractivity contribution in [2.24, 2.45) is 0 Å². The minimum Gasteiger partial charge on any atom is -0.493 e. The van der Waals surface area contributed by atoms with Gasteiger partial charge in [0.1, 0.15) is 12.4 Å². The molecule has 0 spiro atoms. The summed E-state index contributed by atoms with van der Waals surface area (Å²) in [6.07, 6.45) is 0. The molecule has 0 bridgehead atoms. The Morgan fingerprint density at radius 1 is 1.03 bits per heavy atom. The maximum Gasteiger partial charge on any atom is 0.192 e. The standard InChI is InChI=1S/C28H43ClN2O4Si/c1-20(21-10-12-25(32-5)27(17-21)33-6)31-14-13-30-24(19-31)22-9-11-23(29)26(18-22)34-15-16-35-36(7,8)28(2,3)4/h9-12,17-18,20,24,30H,13-16,19H2,1-8H3. The minimum absolute atomic E-state index is 0.178. The smallest absolute Gasteiger partial charge is 0.192 e. The topological polar surface area (TPSA) is 52.2 Å². The van der Waals surface area contributed by atoms with E-state index < -0.39 is 8.32 Å². The van der Waals surface area contributed by atoms with Gasteiger partial charge in [0.25, 0.3) is 0 Å². The van der Waals surface area contributed by atoms with Gasteiger partial charge in [-0.3, -0.25) is 4.90 Å². The predicted molar refractivity (Wildman–Crippen MR) is 150 cm³/mol. The average Bonchev–Trinajstić information content (AvgIpc) is 2.86. The van der Waals surface area contributed by atoms with Crippen molar-refractivity contribution in [1.29, 1.82) is 0 Å². The number of nitrogens with zero attached hydrogens (tertiary/aromatic N) is 1. The molecule has 2 aromatic rings. The second-order valence-corrected chi connectivity index (χ2v) is 16.2. The number of ether oxygens (including phenoxy) is 3. The van der Waals surface area contributed by atoms with E-state index in [0.717, 1.165) is 31.1 Å². The molecule has 36 heavy (non-hydrogen) atoms. The Labute approximate surface area is 223 Å². The van der Waals surface area contributed by atoms with Crippen molar-refractivity contribution < 1.29 is 18.6 Å². The molecule has 200 valence electrons. The summed E-state index contributed by atoms with van der Waals surface area (Å²) in [6.45, 7) is 17.3. The molecule has 1 fully saturated rings. The van der Waals surface area contributed by atoms with Crippen molar-refractivity contribution in [3.63, 3.8) is 0 Å². The fourth-order valence-corrected chi connectivity index (χ4v) is 5.38. The van der Waals surface area contributed by atoms with Gasteiger partial charge in [-0.2, -0.15) is 0 Å². The number of piperazine rings is 1. The zero-order valence-electron chi connectivity index (χ0n) is 23.1. The quantitative estimate of drug-likeness (QED) is 0.278. The number of hydrogen-bond donors (Lipinski definition) is 1. The first-order chi connectivity index (χ1) is 17.0. The van der Waals surface area contributed by atoms with E-state index in [9.17, 15) is 0 Å². The molecule has 0 aliphatic carbocycles. The molecule has 0 radical (unpaired) electrons. The monoisotopic (exact) mass is 534 g/mol. The highest BCUT2D eigenvalue weighted by Gasteiger charge is 2.37. The lowest BCUT2D eigenvalue weighted by molar-refractivity contribution is 0.153. The van der Waals surface area contributed by atoms with Gasteiger partial charge in [0.2, 0.25) is 0 Å². The van der Waals surface area contributed by atoms with Crippen molar-refractivity contribution in [2.75, 3.05) is 47.1 Å². The molecule has 1 N–H and O–H groups in total. The van der Waals surface area contributed by atoms with Gasteiger partial charge in [0, 0.05) is 31.7 Å². The van der Waals surface area contributed by atoms with E-state index in [4.69, 9.17) is 30.2 Å². The van der Waals surface area contributed by atoms with Crippen LogP contribution in [0.2, 0.25) is 23.2 Å². The minimum atomic E-state index is -1.80. The Morgan fingerprint density at radius 3 is 2.42 bits per heavy atom. The first-order valence-electron chi connectivity index (χ1n) is 12.7. The summed E-state index contributed by atoms with van der Waals surface area (Å²) in [6, 6.07) is 12.7. The van der Waals surface area contributed by atoms with Crippen molar-refractivity contribution in [2.45, 2.75) is 57.9 Å². The first kappa shape index (κ1) is 28.8. The van der Waals surface area contributed by atoms with Gasteiger partial charge in [-0.25, -0.2) is 0 Å². The molecule has 2 aromatic carbocycles. The fourth-order valence-electron chi connectivity index (χ4n) is 4.18. The molecule has 0 aromatic heterocycles.